The van der Waals surface area contributed by atoms with Crippen molar-refractivity contribution in [2.75, 3.05) is 20.2 Å². The molecule has 3 atom stereocenters. The van der Waals surface area contributed by atoms with Crippen molar-refractivity contribution in [2.45, 2.75) is 53.0 Å². The monoisotopic (exact) mass is 332 g/mol. The summed E-state index contributed by atoms with van der Waals surface area (Å²) in [6.45, 7) is 8.33. The normalized spacial score (nSPS) is 33.4. The van der Waals surface area contributed by atoms with Gasteiger partial charge in [0.05, 0.1) is 6.61 Å². The number of nitrogens with one attached hydrogen (secondary N) is 1. The maximum atomic E-state index is 12.5. The van der Waals surface area contributed by atoms with E-state index < -0.39 is 16.2 Å². The largest absolute Gasteiger partial charge is 0.465 e. The quantitative estimate of drug-likeness (QED) is 0.749. The van der Waals surface area contributed by atoms with E-state index in [0.29, 0.717) is 5.92 Å². The number of ether oxygens (including phenoxy) is 1. The molecule has 2 saturated carbocycles. The van der Waals surface area contributed by atoms with Crippen LogP contribution in [0.3, 0.4) is 0 Å². The fraction of sp³-hybridized carbons (Fsp3) is 0.933. The third-order valence-electron chi connectivity index (χ3n) is 6.15. The van der Waals surface area contributed by atoms with Crippen LogP contribution in [0.1, 0.15) is 47.0 Å². The van der Waals surface area contributed by atoms with Crippen LogP contribution in [0.25, 0.3) is 0 Å². The van der Waals surface area contributed by atoms with Gasteiger partial charge >= 0.3 is 5.97 Å². The zero-order chi connectivity index (χ0) is 16.8. The Morgan fingerprint density at radius 1 is 1.36 bits per heavy atom. The number of esters is 1. The number of carbonyl (C=O) groups excluding carboxylic acids is 1. The first-order chi connectivity index (χ1) is 10.0. The molecule has 22 heavy (non-hydrogen) atoms. The van der Waals surface area contributed by atoms with Gasteiger partial charge in [-0.05, 0) is 42.9 Å². The van der Waals surface area contributed by atoms with Gasteiger partial charge in [0.1, 0.15) is 6.54 Å². The van der Waals surface area contributed by atoms with E-state index in [0.717, 1.165) is 17.1 Å². The highest BCUT2D eigenvalue weighted by atomic mass is 32.2. The zero-order valence-corrected chi connectivity index (χ0v) is 15.0. The van der Waals surface area contributed by atoms with Crippen LogP contribution in [0.2, 0.25) is 0 Å². The van der Waals surface area contributed by atoms with Crippen molar-refractivity contribution in [3.8, 4) is 0 Å². The Morgan fingerprint density at radius 2 is 2.00 bits per heavy atom. The number of likely N-dealkylation sites (N-methyl/N-ethyl adjacent to an activating group) is 1. The number of nitrogens with zero attached hydrogens (tertiary/aromatic N) is 1. The molecule has 2 aliphatic rings. The molecule has 2 bridgehead atoms. The smallest absolute Gasteiger partial charge is 0.321 e. The second kappa shape index (κ2) is 5.76. The third kappa shape index (κ3) is 2.78. The van der Waals surface area contributed by atoms with Gasteiger partial charge in [-0.15, -0.1) is 0 Å². The van der Waals surface area contributed by atoms with Crippen LogP contribution >= 0.6 is 0 Å². The van der Waals surface area contributed by atoms with Crippen molar-refractivity contribution >= 4 is 16.2 Å². The second-order valence-electron chi connectivity index (χ2n) is 7.35. The number of rotatable bonds is 6. The number of hydrogen-bond acceptors (Lipinski definition) is 4. The fourth-order valence-corrected chi connectivity index (χ4v) is 5.30. The summed E-state index contributed by atoms with van der Waals surface area (Å²) in [5.74, 6) is 0.0235. The maximum Gasteiger partial charge on any atom is 0.321 e. The molecule has 0 saturated heterocycles. The Balaban J connectivity index is 2.06. The van der Waals surface area contributed by atoms with E-state index in [1.807, 2.05) is 0 Å². The van der Waals surface area contributed by atoms with Gasteiger partial charge in [-0.2, -0.15) is 17.4 Å². The van der Waals surface area contributed by atoms with E-state index in [1.54, 1.807) is 6.92 Å². The number of fused-ring (bicyclic) bond motifs is 2. The summed E-state index contributed by atoms with van der Waals surface area (Å²) in [6, 6.07) is -0.0732. The van der Waals surface area contributed by atoms with Gasteiger partial charge < -0.3 is 4.74 Å². The highest BCUT2D eigenvalue weighted by molar-refractivity contribution is 7.87. The molecule has 7 heteroatoms. The summed E-state index contributed by atoms with van der Waals surface area (Å²) in [7, 11) is -2.28. The van der Waals surface area contributed by atoms with Crippen molar-refractivity contribution in [3.05, 3.63) is 0 Å². The molecule has 0 aromatic heterocycles. The predicted octanol–water partition coefficient (Wildman–Crippen LogP) is 1.53. The van der Waals surface area contributed by atoms with Crippen LogP contribution in [-0.4, -0.2) is 44.9 Å². The number of hydrogen-bond donors (Lipinski definition) is 1. The van der Waals surface area contributed by atoms with Crippen molar-refractivity contribution in [1.29, 1.82) is 0 Å². The first kappa shape index (κ1) is 17.7. The van der Waals surface area contributed by atoms with E-state index in [-0.39, 0.29) is 30.0 Å². The molecule has 0 heterocycles. The van der Waals surface area contributed by atoms with Gasteiger partial charge in [-0.3, -0.25) is 4.79 Å². The van der Waals surface area contributed by atoms with Crippen LogP contribution in [0.5, 0.6) is 0 Å². The van der Waals surface area contributed by atoms with E-state index in [2.05, 4.69) is 25.5 Å². The molecule has 1 N–H and O–H groups in total. The van der Waals surface area contributed by atoms with Crippen LogP contribution in [0.4, 0.5) is 0 Å². The van der Waals surface area contributed by atoms with Crippen molar-refractivity contribution in [3.63, 3.8) is 0 Å². The average molecular weight is 332 g/mol. The lowest BCUT2D eigenvalue weighted by Gasteiger charge is -2.39. The van der Waals surface area contributed by atoms with Gasteiger partial charge in [-0.25, -0.2) is 0 Å². The topological polar surface area (TPSA) is 75.7 Å². The molecule has 2 rings (SSSR count). The van der Waals surface area contributed by atoms with E-state index >= 15 is 0 Å². The molecule has 0 radical (unpaired) electrons. The lowest BCUT2D eigenvalue weighted by Crippen LogP contribution is -2.51. The van der Waals surface area contributed by atoms with Crippen LogP contribution < -0.4 is 4.72 Å². The van der Waals surface area contributed by atoms with Crippen molar-refractivity contribution in [1.82, 2.24) is 9.03 Å². The Hall–Kier alpha value is -0.660. The molecule has 0 aromatic carbocycles. The minimum absolute atomic E-state index is 0.0322. The molecule has 0 amide bonds. The lowest BCUT2D eigenvalue weighted by atomic mass is 9.69. The van der Waals surface area contributed by atoms with Gasteiger partial charge in [0.2, 0.25) is 0 Å². The SMILES string of the molecule is CCOC(=O)CN(C)S(=O)(=O)N[C@@H]1C[C@H]2CC[C@@]1(C)C2(C)C. The molecule has 0 unspecified atom stereocenters. The van der Waals surface area contributed by atoms with Crippen molar-refractivity contribution < 1.29 is 17.9 Å². The highest BCUT2D eigenvalue weighted by Crippen LogP contribution is 2.65. The molecule has 0 aliphatic heterocycles. The zero-order valence-electron chi connectivity index (χ0n) is 14.2. The van der Waals surface area contributed by atoms with E-state index in [4.69, 9.17) is 4.74 Å². The molecule has 6 nitrogen and oxygen atoms in total. The molecule has 2 aliphatic carbocycles. The summed E-state index contributed by atoms with van der Waals surface area (Å²) in [5, 5.41) is 0. The van der Waals surface area contributed by atoms with Crippen LogP contribution in [0, 0.1) is 16.7 Å². The molecule has 0 aromatic rings. The summed E-state index contributed by atoms with van der Waals surface area (Å²) in [6.07, 6.45) is 3.08. The minimum Gasteiger partial charge on any atom is -0.465 e. The van der Waals surface area contributed by atoms with Gasteiger partial charge in [0.25, 0.3) is 10.2 Å². The summed E-state index contributed by atoms with van der Waals surface area (Å²) in [5.41, 5.74) is 0.107. The lowest BCUT2D eigenvalue weighted by molar-refractivity contribution is -0.143. The van der Waals surface area contributed by atoms with Gasteiger partial charge in [0, 0.05) is 13.1 Å². The van der Waals surface area contributed by atoms with E-state index in [1.165, 1.54) is 13.5 Å². The maximum absolute atomic E-state index is 12.5. The third-order valence-corrected chi connectivity index (χ3v) is 7.68. The number of carbonyl (C=O) groups is 1. The summed E-state index contributed by atoms with van der Waals surface area (Å²) < 4.78 is 33.6. The van der Waals surface area contributed by atoms with Gasteiger partial charge in [0.15, 0.2) is 0 Å². The molecule has 128 valence electrons. The summed E-state index contributed by atoms with van der Waals surface area (Å²) in [4.78, 5) is 11.5. The molecule has 2 fully saturated rings. The Kier molecular flexibility index (Phi) is 4.63. The molecular weight excluding hydrogens is 304 g/mol. The van der Waals surface area contributed by atoms with Crippen LogP contribution in [-0.2, 0) is 19.7 Å². The second-order valence-corrected chi connectivity index (χ2v) is 9.16. The first-order valence-electron chi connectivity index (χ1n) is 7.94. The fourth-order valence-electron chi connectivity index (χ4n) is 4.13. The Labute approximate surface area is 133 Å². The highest BCUT2D eigenvalue weighted by Gasteiger charge is 2.62. The Morgan fingerprint density at radius 3 is 2.45 bits per heavy atom. The molecule has 0 spiro atoms. The van der Waals surface area contributed by atoms with Gasteiger partial charge in [-0.1, -0.05) is 20.8 Å². The predicted molar refractivity (Wildman–Crippen MR) is 84.3 cm³/mol. The average Bonchev–Trinajstić information content (AvgIpc) is 2.71. The minimum atomic E-state index is -3.69. The Bertz CT molecular complexity index is 546. The molecular formula is C15H28N2O4S. The standard InChI is InChI=1S/C15H28N2O4S/c1-6-21-13(18)10-17(5)22(19,20)16-12-9-11-7-8-15(12,4)14(11,2)3/h11-12,16H,6-10H2,1-5H3/t11-,12-,15-/m1/s1. The van der Waals surface area contributed by atoms with E-state index in [9.17, 15) is 13.2 Å². The van der Waals surface area contributed by atoms with Crippen molar-refractivity contribution in [2.24, 2.45) is 16.7 Å². The summed E-state index contributed by atoms with van der Waals surface area (Å²) >= 11 is 0. The first-order valence-corrected chi connectivity index (χ1v) is 9.38. The van der Waals surface area contributed by atoms with Crippen LogP contribution in [0.15, 0.2) is 0 Å².